The highest BCUT2D eigenvalue weighted by Gasteiger charge is 2.21. The maximum atomic E-state index is 6.03. The van der Waals surface area contributed by atoms with Crippen LogP contribution in [0.1, 0.15) is 45.7 Å². The lowest BCUT2D eigenvalue weighted by Crippen LogP contribution is -2.13. The van der Waals surface area contributed by atoms with E-state index in [1.54, 1.807) is 0 Å². The van der Waals surface area contributed by atoms with Crippen molar-refractivity contribution in [2.45, 2.75) is 40.0 Å². The van der Waals surface area contributed by atoms with E-state index in [-0.39, 0.29) is 5.41 Å². The Labute approximate surface area is 150 Å². The lowest BCUT2D eigenvalue weighted by atomic mass is 9.82. The molecule has 130 valence electrons. The molecule has 2 heteroatoms. The maximum absolute atomic E-state index is 6.03. The highest BCUT2D eigenvalue weighted by atomic mass is 16.5. The Balaban J connectivity index is 1.88. The fourth-order valence-corrected chi connectivity index (χ4v) is 3.07. The van der Waals surface area contributed by atoms with Gasteiger partial charge in [0.2, 0.25) is 0 Å². The minimum Gasteiger partial charge on any atom is -0.493 e. The Bertz CT molecular complexity index is 822. The van der Waals surface area contributed by atoms with Crippen LogP contribution in [0.4, 0.5) is 0 Å². The molecule has 0 N–H and O–H groups in total. The molecule has 0 radical (unpaired) electrons. The molecule has 1 heterocycles. The summed E-state index contributed by atoms with van der Waals surface area (Å²) in [6.45, 7) is 7.48. The van der Waals surface area contributed by atoms with Crippen molar-refractivity contribution in [1.82, 2.24) is 4.98 Å². The molecule has 1 aliphatic rings. The zero-order chi connectivity index (χ0) is 17.7. The van der Waals surface area contributed by atoms with Gasteiger partial charge in [-0.05, 0) is 47.9 Å². The Morgan fingerprint density at radius 1 is 1.16 bits per heavy atom. The maximum Gasteiger partial charge on any atom is 0.122 e. The zero-order valence-corrected chi connectivity index (χ0v) is 15.5. The average Bonchev–Trinajstić information content (AvgIpc) is 2.61. The predicted molar refractivity (Wildman–Crippen MR) is 106 cm³/mol. The summed E-state index contributed by atoms with van der Waals surface area (Å²) in [4.78, 5) is 4.55. The van der Waals surface area contributed by atoms with Crippen LogP contribution in [0.3, 0.4) is 0 Å². The van der Waals surface area contributed by atoms with Crippen LogP contribution in [0.25, 0.3) is 16.8 Å². The highest BCUT2D eigenvalue weighted by Crippen LogP contribution is 2.34. The number of unbranched alkanes of at least 4 members (excludes halogenated alkanes) is 1. The summed E-state index contributed by atoms with van der Waals surface area (Å²) in [5.74, 6) is 1.00. The molecule has 0 saturated carbocycles. The standard InChI is InChI=1S/C23H27NO/c1-4-5-16-25-22-12-14-23(2,3)17-19(22)10-11-21-20-9-7-6-8-18(20)13-15-24-21/h6-13,15,17H,4-5,14,16H2,1-3H3/b11-10+. The van der Waals surface area contributed by atoms with Gasteiger partial charge in [-0.3, -0.25) is 4.98 Å². The molecule has 1 aromatic carbocycles. The summed E-state index contributed by atoms with van der Waals surface area (Å²) < 4.78 is 6.03. The van der Waals surface area contributed by atoms with Gasteiger partial charge in [0.05, 0.1) is 12.3 Å². The van der Waals surface area contributed by atoms with Crippen LogP contribution in [0.5, 0.6) is 0 Å². The predicted octanol–water partition coefficient (Wildman–Crippen LogP) is 6.30. The van der Waals surface area contributed by atoms with Crippen LogP contribution in [-0.2, 0) is 4.74 Å². The molecule has 2 aromatic rings. The smallest absolute Gasteiger partial charge is 0.122 e. The Hall–Kier alpha value is -2.35. The summed E-state index contributed by atoms with van der Waals surface area (Å²) in [7, 11) is 0. The van der Waals surface area contributed by atoms with Crippen molar-refractivity contribution in [2.24, 2.45) is 5.41 Å². The van der Waals surface area contributed by atoms with Crippen molar-refractivity contribution in [1.29, 1.82) is 0 Å². The van der Waals surface area contributed by atoms with Gasteiger partial charge in [0.15, 0.2) is 0 Å². The van der Waals surface area contributed by atoms with Gasteiger partial charge in [-0.25, -0.2) is 0 Å². The highest BCUT2D eigenvalue weighted by molar-refractivity contribution is 5.89. The van der Waals surface area contributed by atoms with E-state index in [0.717, 1.165) is 42.9 Å². The minimum atomic E-state index is 0.156. The molecule has 0 saturated heterocycles. The van der Waals surface area contributed by atoms with Gasteiger partial charge in [0.1, 0.15) is 5.76 Å². The molecule has 1 aliphatic carbocycles. The Morgan fingerprint density at radius 3 is 2.84 bits per heavy atom. The number of ether oxygens (including phenoxy) is 1. The molecule has 0 aliphatic heterocycles. The van der Waals surface area contributed by atoms with Crippen LogP contribution < -0.4 is 0 Å². The summed E-state index contributed by atoms with van der Waals surface area (Å²) in [6.07, 6.45) is 13.9. The van der Waals surface area contributed by atoms with Gasteiger partial charge in [0.25, 0.3) is 0 Å². The minimum absolute atomic E-state index is 0.156. The zero-order valence-electron chi connectivity index (χ0n) is 15.5. The van der Waals surface area contributed by atoms with Gasteiger partial charge < -0.3 is 4.74 Å². The number of hydrogen-bond acceptors (Lipinski definition) is 2. The number of allylic oxidation sites excluding steroid dienone is 3. The number of fused-ring (bicyclic) bond motifs is 1. The van der Waals surface area contributed by atoms with Gasteiger partial charge >= 0.3 is 0 Å². The van der Waals surface area contributed by atoms with Crippen LogP contribution in [0.2, 0.25) is 0 Å². The summed E-state index contributed by atoms with van der Waals surface area (Å²) in [6, 6.07) is 10.4. The SMILES string of the molecule is CCCCOC1=CCC(C)(C)C=C1/C=C/c1nccc2ccccc12. The summed E-state index contributed by atoms with van der Waals surface area (Å²) >= 11 is 0. The van der Waals surface area contributed by atoms with E-state index in [9.17, 15) is 0 Å². The number of hydrogen-bond donors (Lipinski definition) is 0. The summed E-state index contributed by atoms with van der Waals surface area (Å²) in [5, 5.41) is 2.39. The second-order valence-electron chi connectivity index (χ2n) is 7.31. The van der Waals surface area contributed by atoms with E-state index >= 15 is 0 Å². The molecule has 0 atom stereocenters. The van der Waals surface area contributed by atoms with Crippen molar-refractivity contribution in [3.8, 4) is 0 Å². The molecule has 0 spiro atoms. The molecule has 2 nitrogen and oxygen atoms in total. The third-order valence-corrected chi connectivity index (χ3v) is 4.52. The monoisotopic (exact) mass is 333 g/mol. The van der Waals surface area contributed by atoms with E-state index in [4.69, 9.17) is 4.74 Å². The largest absolute Gasteiger partial charge is 0.493 e. The molecule has 3 rings (SSSR count). The first-order valence-electron chi connectivity index (χ1n) is 9.17. The van der Waals surface area contributed by atoms with Crippen molar-refractivity contribution < 1.29 is 4.74 Å². The molecule has 0 amide bonds. The number of rotatable bonds is 6. The quantitative estimate of drug-likeness (QED) is 0.578. The fourth-order valence-electron chi connectivity index (χ4n) is 3.07. The molecular formula is C23H27NO. The van der Waals surface area contributed by atoms with Gasteiger partial charge in [0, 0.05) is 17.2 Å². The van der Waals surface area contributed by atoms with Gasteiger partial charge in [-0.15, -0.1) is 0 Å². The lowest BCUT2D eigenvalue weighted by Gasteiger charge is -2.26. The van der Waals surface area contributed by atoms with Gasteiger partial charge in [-0.1, -0.05) is 57.5 Å². The average molecular weight is 333 g/mol. The van der Waals surface area contributed by atoms with Crippen molar-refractivity contribution in [3.63, 3.8) is 0 Å². The van der Waals surface area contributed by atoms with E-state index in [1.807, 2.05) is 6.20 Å². The van der Waals surface area contributed by atoms with Crippen LogP contribution in [0, 0.1) is 5.41 Å². The molecular weight excluding hydrogens is 306 g/mol. The van der Waals surface area contributed by atoms with E-state index in [2.05, 4.69) is 80.4 Å². The third kappa shape index (κ3) is 4.39. The lowest BCUT2D eigenvalue weighted by molar-refractivity contribution is 0.210. The van der Waals surface area contributed by atoms with E-state index in [0.29, 0.717) is 0 Å². The topological polar surface area (TPSA) is 22.1 Å². The Morgan fingerprint density at radius 2 is 2.00 bits per heavy atom. The van der Waals surface area contributed by atoms with Gasteiger partial charge in [-0.2, -0.15) is 0 Å². The summed E-state index contributed by atoms with van der Waals surface area (Å²) in [5.41, 5.74) is 2.31. The fraction of sp³-hybridized carbons (Fsp3) is 0.348. The first-order chi connectivity index (χ1) is 12.1. The number of aromatic nitrogens is 1. The second-order valence-corrected chi connectivity index (χ2v) is 7.31. The normalized spacial score (nSPS) is 16.8. The number of nitrogens with zero attached hydrogens (tertiary/aromatic N) is 1. The van der Waals surface area contributed by atoms with Crippen LogP contribution in [-0.4, -0.2) is 11.6 Å². The molecule has 25 heavy (non-hydrogen) atoms. The molecule has 0 unspecified atom stereocenters. The van der Waals surface area contributed by atoms with Crippen molar-refractivity contribution in [2.75, 3.05) is 6.61 Å². The van der Waals surface area contributed by atoms with Crippen LogP contribution in [0.15, 0.2) is 66.1 Å². The first-order valence-corrected chi connectivity index (χ1v) is 9.17. The first kappa shape index (κ1) is 17.5. The van der Waals surface area contributed by atoms with E-state index < -0.39 is 0 Å². The number of pyridine rings is 1. The van der Waals surface area contributed by atoms with Crippen LogP contribution >= 0.6 is 0 Å². The van der Waals surface area contributed by atoms with Crippen molar-refractivity contribution >= 4 is 16.8 Å². The van der Waals surface area contributed by atoms with Crippen molar-refractivity contribution in [3.05, 3.63) is 71.8 Å². The third-order valence-electron chi connectivity index (χ3n) is 4.52. The Kier molecular flexibility index (Phi) is 5.37. The molecule has 1 aromatic heterocycles. The number of benzene rings is 1. The second kappa shape index (κ2) is 7.69. The molecule has 0 bridgehead atoms. The van der Waals surface area contributed by atoms with E-state index in [1.165, 1.54) is 10.8 Å². The molecule has 0 fully saturated rings.